The minimum Gasteiger partial charge on any atom is -0.478 e. The number of fused-ring (bicyclic) bond motifs is 1. The summed E-state index contributed by atoms with van der Waals surface area (Å²) < 4.78 is 5.27. The second-order valence-corrected chi connectivity index (χ2v) is 8.83. The zero-order valence-corrected chi connectivity index (χ0v) is 19.2. The minimum atomic E-state index is -1.04. The summed E-state index contributed by atoms with van der Waals surface area (Å²) in [7, 11) is 0. The van der Waals surface area contributed by atoms with Gasteiger partial charge in [0.25, 0.3) is 0 Å². The van der Waals surface area contributed by atoms with Crippen molar-refractivity contribution in [2.24, 2.45) is 0 Å². The maximum Gasteiger partial charge on any atom is 0.407 e. The van der Waals surface area contributed by atoms with E-state index < -0.39 is 17.7 Å². The van der Waals surface area contributed by atoms with Gasteiger partial charge in [-0.1, -0.05) is 54.6 Å². The summed E-state index contributed by atoms with van der Waals surface area (Å²) in [6.45, 7) is 5.73. The number of amides is 1. The van der Waals surface area contributed by atoms with Gasteiger partial charge in [-0.2, -0.15) is 0 Å². The number of carbonyl (C=O) groups is 2. The third-order valence-electron chi connectivity index (χ3n) is 5.13. The second kappa shape index (κ2) is 9.31. The first-order chi connectivity index (χ1) is 16.2. The molecule has 172 valence electrons. The zero-order chi connectivity index (χ0) is 24.3. The van der Waals surface area contributed by atoms with Crippen molar-refractivity contribution in [3.05, 3.63) is 84.2 Å². The number of alkyl carbamates (subject to hydrolysis) is 1. The van der Waals surface area contributed by atoms with Crippen molar-refractivity contribution in [1.29, 1.82) is 0 Å². The minimum absolute atomic E-state index is 0.162. The monoisotopic (exact) mass is 455 g/mol. The number of aromatic carboxylic acids is 1. The van der Waals surface area contributed by atoms with Gasteiger partial charge in [0.15, 0.2) is 0 Å². The highest BCUT2D eigenvalue weighted by atomic mass is 16.6. The first-order valence-corrected chi connectivity index (χ1v) is 10.9. The van der Waals surface area contributed by atoms with Crippen LogP contribution in [-0.4, -0.2) is 32.7 Å². The Morgan fingerprint density at radius 2 is 1.68 bits per heavy atom. The van der Waals surface area contributed by atoms with E-state index >= 15 is 0 Å². The lowest BCUT2D eigenvalue weighted by Gasteiger charge is -2.19. The highest BCUT2D eigenvalue weighted by Crippen LogP contribution is 2.37. The van der Waals surface area contributed by atoms with Crippen LogP contribution in [0.15, 0.2) is 73.1 Å². The van der Waals surface area contributed by atoms with Gasteiger partial charge in [-0.15, -0.1) is 0 Å². The SMILES string of the molecule is CC(C)(C)OC(=O)NCc1ccc(-c2nc3ccncc3c(C(=O)O)c2-c2ccccc2)cc1. The number of carboxylic acids is 1. The van der Waals surface area contributed by atoms with E-state index in [1.165, 1.54) is 6.20 Å². The van der Waals surface area contributed by atoms with E-state index in [0.29, 0.717) is 28.7 Å². The van der Waals surface area contributed by atoms with Gasteiger partial charge < -0.3 is 15.2 Å². The topological polar surface area (TPSA) is 101 Å². The molecular formula is C27H25N3O4. The van der Waals surface area contributed by atoms with E-state index in [9.17, 15) is 14.7 Å². The van der Waals surface area contributed by atoms with E-state index in [4.69, 9.17) is 9.72 Å². The summed E-state index contributed by atoms with van der Waals surface area (Å²) in [6, 6.07) is 18.6. The highest BCUT2D eigenvalue weighted by molar-refractivity contribution is 6.11. The molecule has 7 nitrogen and oxygen atoms in total. The van der Waals surface area contributed by atoms with Crippen LogP contribution in [0.3, 0.4) is 0 Å². The maximum atomic E-state index is 12.4. The molecule has 0 radical (unpaired) electrons. The largest absolute Gasteiger partial charge is 0.478 e. The van der Waals surface area contributed by atoms with Gasteiger partial charge in [0.05, 0.1) is 16.8 Å². The van der Waals surface area contributed by atoms with E-state index in [1.807, 2.05) is 75.4 Å². The summed E-state index contributed by atoms with van der Waals surface area (Å²) in [5, 5.41) is 13.4. The lowest BCUT2D eigenvalue weighted by atomic mass is 9.92. The number of hydrogen-bond acceptors (Lipinski definition) is 5. The molecule has 0 fully saturated rings. The Morgan fingerprint density at radius 3 is 2.32 bits per heavy atom. The van der Waals surface area contributed by atoms with Gasteiger partial charge in [0, 0.05) is 35.5 Å². The molecule has 0 aliphatic heterocycles. The molecule has 4 rings (SSSR count). The van der Waals surface area contributed by atoms with E-state index in [1.54, 1.807) is 12.3 Å². The highest BCUT2D eigenvalue weighted by Gasteiger charge is 2.22. The molecule has 2 N–H and O–H groups in total. The molecule has 0 aliphatic rings. The average molecular weight is 456 g/mol. The molecule has 0 unspecified atom stereocenters. The Kier molecular flexibility index (Phi) is 6.27. The van der Waals surface area contributed by atoms with Crippen molar-refractivity contribution in [3.8, 4) is 22.4 Å². The fraction of sp³-hybridized carbons (Fsp3) is 0.185. The molecule has 1 amide bonds. The number of hydrogen-bond donors (Lipinski definition) is 2. The second-order valence-electron chi connectivity index (χ2n) is 8.83. The molecule has 0 saturated heterocycles. The molecule has 34 heavy (non-hydrogen) atoms. The molecule has 2 aromatic heterocycles. The van der Waals surface area contributed by atoms with Crippen LogP contribution in [0.1, 0.15) is 36.7 Å². The summed E-state index contributed by atoms with van der Waals surface area (Å²) in [5.74, 6) is -1.04. The summed E-state index contributed by atoms with van der Waals surface area (Å²) in [6.07, 6.45) is 2.64. The Balaban J connectivity index is 1.76. The first-order valence-electron chi connectivity index (χ1n) is 10.9. The van der Waals surface area contributed by atoms with Crippen LogP contribution in [0.4, 0.5) is 4.79 Å². The van der Waals surface area contributed by atoms with Crippen molar-refractivity contribution in [3.63, 3.8) is 0 Å². The quantitative estimate of drug-likeness (QED) is 0.401. The van der Waals surface area contributed by atoms with Gasteiger partial charge in [-0.05, 0) is 38.0 Å². The number of rotatable bonds is 5. The lowest BCUT2D eigenvalue weighted by Crippen LogP contribution is -2.32. The normalized spacial score (nSPS) is 11.3. The van der Waals surface area contributed by atoms with Crippen LogP contribution >= 0.6 is 0 Å². The van der Waals surface area contributed by atoms with Crippen LogP contribution in [0, 0.1) is 0 Å². The predicted octanol–water partition coefficient (Wildman–Crippen LogP) is 5.69. The number of aromatic nitrogens is 2. The number of ether oxygens (including phenoxy) is 1. The Morgan fingerprint density at radius 1 is 0.971 bits per heavy atom. The fourth-order valence-electron chi connectivity index (χ4n) is 3.69. The van der Waals surface area contributed by atoms with Crippen LogP contribution in [0.25, 0.3) is 33.3 Å². The van der Waals surface area contributed by atoms with Crippen LogP contribution < -0.4 is 5.32 Å². The maximum absolute atomic E-state index is 12.4. The lowest BCUT2D eigenvalue weighted by molar-refractivity contribution is 0.0523. The number of nitrogens with zero attached hydrogens (tertiary/aromatic N) is 2. The molecule has 0 spiro atoms. The van der Waals surface area contributed by atoms with Gasteiger partial charge in [-0.25, -0.2) is 14.6 Å². The molecular weight excluding hydrogens is 430 g/mol. The summed E-state index contributed by atoms with van der Waals surface area (Å²) >= 11 is 0. The van der Waals surface area contributed by atoms with Gasteiger partial charge in [0.1, 0.15) is 5.60 Å². The molecule has 7 heteroatoms. The van der Waals surface area contributed by atoms with Gasteiger partial charge >= 0.3 is 12.1 Å². The van der Waals surface area contributed by atoms with Crippen LogP contribution in [0.2, 0.25) is 0 Å². The first kappa shape index (κ1) is 22.9. The number of carboxylic acid groups (broad SMARTS) is 1. The van der Waals surface area contributed by atoms with Crippen molar-refractivity contribution in [2.45, 2.75) is 32.9 Å². The van der Waals surface area contributed by atoms with Gasteiger partial charge in [0.2, 0.25) is 0 Å². The Bertz CT molecular complexity index is 1340. The average Bonchev–Trinajstić information content (AvgIpc) is 2.81. The van der Waals surface area contributed by atoms with Crippen molar-refractivity contribution in [1.82, 2.24) is 15.3 Å². The smallest absolute Gasteiger partial charge is 0.407 e. The summed E-state index contributed by atoms with van der Waals surface area (Å²) in [4.78, 5) is 33.3. The van der Waals surface area contributed by atoms with Crippen LogP contribution in [-0.2, 0) is 11.3 Å². The number of pyridine rings is 2. The molecule has 4 aromatic rings. The predicted molar refractivity (Wildman–Crippen MR) is 130 cm³/mol. The summed E-state index contributed by atoms with van der Waals surface area (Å²) in [5.41, 5.74) is 3.64. The van der Waals surface area contributed by atoms with Crippen molar-refractivity contribution in [2.75, 3.05) is 0 Å². The fourth-order valence-corrected chi connectivity index (χ4v) is 3.69. The number of nitrogens with one attached hydrogen (secondary N) is 1. The third kappa shape index (κ3) is 5.04. The molecule has 0 bridgehead atoms. The van der Waals surface area contributed by atoms with E-state index in [0.717, 1.165) is 16.7 Å². The number of carbonyl (C=O) groups excluding carboxylic acids is 1. The third-order valence-corrected chi connectivity index (χ3v) is 5.13. The molecule has 0 saturated carbocycles. The Labute approximate surface area is 197 Å². The molecule has 2 aromatic carbocycles. The molecule has 0 atom stereocenters. The van der Waals surface area contributed by atoms with Gasteiger partial charge in [-0.3, -0.25) is 4.98 Å². The molecule has 0 aliphatic carbocycles. The number of benzene rings is 2. The van der Waals surface area contributed by atoms with Crippen LogP contribution in [0.5, 0.6) is 0 Å². The Hall–Kier alpha value is -4.26. The van der Waals surface area contributed by atoms with E-state index in [-0.39, 0.29) is 5.56 Å². The van der Waals surface area contributed by atoms with Crippen molar-refractivity contribution >= 4 is 23.0 Å². The van der Waals surface area contributed by atoms with E-state index in [2.05, 4.69) is 10.3 Å². The standard InChI is InChI=1S/C27H25N3O4/c1-27(2,3)34-26(33)29-15-17-9-11-19(12-10-17)24-22(18-7-5-4-6-8-18)23(25(31)32)20-16-28-14-13-21(20)30-24/h4-14,16H,15H2,1-3H3,(H,29,33)(H,31,32). The van der Waals surface area contributed by atoms with Crippen molar-refractivity contribution < 1.29 is 19.4 Å². The zero-order valence-electron chi connectivity index (χ0n) is 19.2. The molecule has 2 heterocycles.